The van der Waals surface area contributed by atoms with E-state index in [1.807, 2.05) is 13.0 Å². The van der Waals surface area contributed by atoms with E-state index in [1.165, 1.54) is 10.6 Å². The van der Waals surface area contributed by atoms with Crippen LogP contribution in [0.15, 0.2) is 41.5 Å². The highest BCUT2D eigenvalue weighted by molar-refractivity contribution is 6.01. The molecule has 2 N–H and O–H groups in total. The Morgan fingerprint density at radius 3 is 2.90 bits per heavy atom. The molecule has 0 aliphatic heterocycles. The third kappa shape index (κ3) is 2.20. The largest absolute Gasteiger partial charge is 0.478 e. The van der Waals surface area contributed by atoms with Crippen LogP contribution in [0, 0.1) is 6.92 Å². The summed E-state index contributed by atoms with van der Waals surface area (Å²) in [6.45, 7) is 2.21. The zero-order valence-electron chi connectivity index (χ0n) is 11.3. The molecular weight excluding hydrogens is 270 g/mol. The van der Waals surface area contributed by atoms with Crippen molar-refractivity contribution in [3.63, 3.8) is 0 Å². The van der Waals surface area contributed by atoms with Gasteiger partial charge in [0.05, 0.1) is 23.1 Å². The average Bonchev–Trinajstić information content (AvgIpc) is 2.77. The van der Waals surface area contributed by atoms with Crippen LogP contribution < -0.4 is 5.69 Å². The first-order chi connectivity index (χ1) is 10.1. The van der Waals surface area contributed by atoms with E-state index in [1.54, 1.807) is 24.5 Å². The van der Waals surface area contributed by atoms with Crippen molar-refractivity contribution in [1.82, 2.24) is 14.5 Å². The van der Waals surface area contributed by atoms with Gasteiger partial charge in [-0.25, -0.2) is 9.59 Å². The molecule has 0 atom stereocenters. The molecule has 6 nitrogen and oxygen atoms in total. The summed E-state index contributed by atoms with van der Waals surface area (Å²) in [5, 5.41) is 9.30. The number of H-pyrrole nitrogens is 1. The fraction of sp³-hybridized carbons (Fsp3) is 0.133. The molecule has 0 unspecified atom stereocenters. The van der Waals surface area contributed by atoms with Crippen molar-refractivity contribution < 1.29 is 9.90 Å². The van der Waals surface area contributed by atoms with E-state index in [0.717, 1.165) is 11.1 Å². The van der Waals surface area contributed by atoms with Crippen molar-refractivity contribution in [2.45, 2.75) is 13.5 Å². The number of hydrogen-bond donors (Lipinski definition) is 2. The Morgan fingerprint density at radius 1 is 1.38 bits per heavy atom. The SMILES string of the molecule is Cc1ccncc1Cn1c(=O)[nH]c2cccc(C(=O)O)c21. The number of aryl methyl sites for hydroxylation is 1. The second-order valence-corrected chi connectivity index (χ2v) is 4.83. The Kier molecular flexibility index (Phi) is 3.06. The monoisotopic (exact) mass is 283 g/mol. The molecule has 3 rings (SSSR count). The third-order valence-electron chi connectivity index (χ3n) is 3.50. The standard InChI is InChI=1S/C15H13N3O3/c1-9-5-6-16-7-10(9)8-18-13-11(14(19)20)3-2-4-12(13)17-15(18)21/h2-7H,8H2,1H3,(H,17,21)(H,19,20). The van der Waals surface area contributed by atoms with Gasteiger partial charge < -0.3 is 10.1 Å². The van der Waals surface area contributed by atoms with Crippen LogP contribution in [0.5, 0.6) is 0 Å². The lowest BCUT2D eigenvalue weighted by molar-refractivity contribution is 0.0698. The summed E-state index contributed by atoms with van der Waals surface area (Å²) in [5.74, 6) is -1.06. The molecule has 0 fully saturated rings. The van der Waals surface area contributed by atoms with E-state index in [-0.39, 0.29) is 17.8 Å². The van der Waals surface area contributed by atoms with E-state index in [2.05, 4.69) is 9.97 Å². The number of benzene rings is 1. The van der Waals surface area contributed by atoms with Gasteiger partial charge in [0.2, 0.25) is 0 Å². The van der Waals surface area contributed by atoms with Crippen LogP contribution in [0.3, 0.4) is 0 Å². The van der Waals surface area contributed by atoms with Gasteiger partial charge in [-0.05, 0) is 36.2 Å². The summed E-state index contributed by atoms with van der Waals surface area (Å²) in [6.07, 6.45) is 3.36. The second-order valence-electron chi connectivity index (χ2n) is 4.83. The van der Waals surface area contributed by atoms with Crippen molar-refractivity contribution >= 4 is 17.0 Å². The molecule has 0 amide bonds. The zero-order chi connectivity index (χ0) is 15.0. The number of nitrogens with zero attached hydrogens (tertiary/aromatic N) is 2. The van der Waals surface area contributed by atoms with Gasteiger partial charge in [0.1, 0.15) is 0 Å². The lowest BCUT2D eigenvalue weighted by Gasteiger charge is -2.07. The smallest absolute Gasteiger partial charge is 0.337 e. The van der Waals surface area contributed by atoms with Crippen LogP contribution >= 0.6 is 0 Å². The molecule has 0 aliphatic carbocycles. The maximum absolute atomic E-state index is 12.1. The Balaban J connectivity index is 2.23. The number of aromatic amines is 1. The Hall–Kier alpha value is -2.89. The summed E-state index contributed by atoms with van der Waals surface area (Å²) >= 11 is 0. The number of carbonyl (C=O) groups is 1. The van der Waals surface area contributed by atoms with Crippen molar-refractivity contribution in [2.24, 2.45) is 0 Å². The molecule has 21 heavy (non-hydrogen) atoms. The number of aromatic carboxylic acids is 1. The number of para-hydroxylation sites is 1. The molecule has 2 aromatic heterocycles. The van der Waals surface area contributed by atoms with Gasteiger partial charge in [-0.3, -0.25) is 9.55 Å². The molecule has 2 heterocycles. The van der Waals surface area contributed by atoms with Crippen LogP contribution in [0.4, 0.5) is 0 Å². The molecule has 0 bridgehead atoms. The summed E-state index contributed by atoms with van der Waals surface area (Å²) in [5.41, 5.74) is 2.56. The molecule has 0 spiro atoms. The summed E-state index contributed by atoms with van der Waals surface area (Å²) in [7, 11) is 0. The molecule has 106 valence electrons. The van der Waals surface area contributed by atoms with Gasteiger partial charge in [-0.2, -0.15) is 0 Å². The second kappa shape index (κ2) is 4.90. The van der Waals surface area contributed by atoms with Gasteiger partial charge in [0.15, 0.2) is 0 Å². The molecule has 6 heteroatoms. The Labute approximate surface area is 119 Å². The lowest BCUT2D eigenvalue weighted by Crippen LogP contribution is -2.19. The van der Waals surface area contributed by atoms with Crippen molar-refractivity contribution in [2.75, 3.05) is 0 Å². The predicted octanol–water partition coefficient (Wildman–Crippen LogP) is 1.78. The minimum Gasteiger partial charge on any atom is -0.478 e. The number of aromatic nitrogens is 3. The van der Waals surface area contributed by atoms with Gasteiger partial charge >= 0.3 is 11.7 Å². The van der Waals surface area contributed by atoms with Crippen molar-refractivity contribution in [3.05, 3.63) is 63.8 Å². The topological polar surface area (TPSA) is 88.0 Å². The van der Waals surface area contributed by atoms with E-state index in [0.29, 0.717) is 11.0 Å². The lowest BCUT2D eigenvalue weighted by atomic mass is 10.1. The summed E-state index contributed by atoms with van der Waals surface area (Å²) in [6, 6.07) is 6.65. The highest BCUT2D eigenvalue weighted by Gasteiger charge is 2.16. The molecule has 3 aromatic rings. The van der Waals surface area contributed by atoms with E-state index < -0.39 is 5.97 Å². The molecule has 1 aromatic carbocycles. The number of fused-ring (bicyclic) bond motifs is 1. The van der Waals surface area contributed by atoms with Crippen LogP contribution in [0.1, 0.15) is 21.5 Å². The van der Waals surface area contributed by atoms with E-state index >= 15 is 0 Å². The third-order valence-corrected chi connectivity index (χ3v) is 3.50. The van der Waals surface area contributed by atoms with Crippen LogP contribution in [0.2, 0.25) is 0 Å². The zero-order valence-corrected chi connectivity index (χ0v) is 11.3. The molecule has 0 saturated carbocycles. The number of carboxylic acid groups (broad SMARTS) is 1. The van der Waals surface area contributed by atoms with Crippen molar-refractivity contribution in [3.8, 4) is 0 Å². The predicted molar refractivity (Wildman–Crippen MR) is 77.6 cm³/mol. The summed E-state index contributed by atoms with van der Waals surface area (Å²) in [4.78, 5) is 30.2. The number of imidazole rings is 1. The maximum atomic E-state index is 12.1. The van der Waals surface area contributed by atoms with Crippen LogP contribution in [0.25, 0.3) is 11.0 Å². The normalized spacial score (nSPS) is 10.9. The molecule has 0 radical (unpaired) electrons. The fourth-order valence-corrected chi connectivity index (χ4v) is 2.38. The highest BCUT2D eigenvalue weighted by Crippen LogP contribution is 2.18. The molecule has 0 aliphatic rings. The molecular formula is C15H13N3O3. The number of carboxylic acids is 1. The van der Waals surface area contributed by atoms with Crippen molar-refractivity contribution in [1.29, 1.82) is 0 Å². The first kappa shape index (κ1) is 13.1. The first-order valence-electron chi connectivity index (χ1n) is 6.42. The number of pyridine rings is 1. The minimum atomic E-state index is -1.06. The number of hydrogen-bond acceptors (Lipinski definition) is 3. The van der Waals surface area contributed by atoms with E-state index in [9.17, 15) is 14.7 Å². The fourth-order valence-electron chi connectivity index (χ4n) is 2.38. The van der Waals surface area contributed by atoms with Crippen LogP contribution in [-0.2, 0) is 6.54 Å². The van der Waals surface area contributed by atoms with Gasteiger partial charge in [0.25, 0.3) is 0 Å². The van der Waals surface area contributed by atoms with Gasteiger partial charge in [-0.15, -0.1) is 0 Å². The maximum Gasteiger partial charge on any atom is 0.337 e. The highest BCUT2D eigenvalue weighted by atomic mass is 16.4. The van der Waals surface area contributed by atoms with Gasteiger partial charge in [-0.1, -0.05) is 6.07 Å². The Bertz CT molecular complexity index is 893. The van der Waals surface area contributed by atoms with Gasteiger partial charge in [0, 0.05) is 12.4 Å². The number of rotatable bonds is 3. The first-order valence-corrected chi connectivity index (χ1v) is 6.42. The quantitative estimate of drug-likeness (QED) is 0.767. The summed E-state index contributed by atoms with van der Waals surface area (Å²) < 4.78 is 1.43. The average molecular weight is 283 g/mol. The van der Waals surface area contributed by atoms with E-state index in [4.69, 9.17) is 0 Å². The minimum absolute atomic E-state index is 0.104. The molecule has 0 saturated heterocycles. The van der Waals surface area contributed by atoms with Crippen LogP contribution in [-0.4, -0.2) is 25.6 Å². The number of nitrogens with one attached hydrogen (secondary N) is 1. The Morgan fingerprint density at radius 2 is 2.19 bits per heavy atom.